The molecule has 0 aromatic heterocycles. The van der Waals surface area contributed by atoms with Gasteiger partial charge in [0.1, 0.15) is 5.60 Å². The van der Waals surface area contributed by atoms with E-state index in [1.54, 1.807) is 65.0 Å². The number of nitrogens with one attached hydrogen (secondary N) is 2. The quantitative estimate of drug-likeness (QED) is 0.374. The average molecular weight is 524 g/mol. The molecule has 0 bridgehead atoms. The summed E-state index contributed by atoms with van der Waals surface area (Å²) in [6, 6.07) is 14.3. The first kappa shape index (κ1) is 28.9. The van der Waals surface area contributed by atoms with E-state index >= 15 is 0 Å². The first-order chi connectivity index (χ1) is 17.7. The van der Waals surface area contributed by atoms with Crippen LogP contribution in [0.5, 0.6) is 0 Å². The van der Waals surface area contributed by atoms with Crippen LogP contribution in [0.1, 0.15) is 51.7 Å². The normalized spacial score (nSPS) is 18.4. The lowest BCUT2D eigenvalue weighted by molar-refractivity contribution is -0.141. The van der Waals surface area contributed by atoms with Gasteiger partial charge in [-0.3, -0.25) is 19.8 Å². The Kier molecular flexibility index (Phi) is 8.96. The van der Waals surface area contributed by atoms with Crippen molar-refractivity contribution in [3.05, 3.63) is 65.7 Å². The Morgan fingerprint density at radius 2 is 1.58 bits per heavy atom. The van der Waals surface area contributed by atoms with E-state index in [0.717, 1.165) is 11.1 Å². The average Bonchev–Trinajstić information content (AvgIpc) is 3.20. The monoisotopic (exact) mass is 523 g/mol. The van der Waals surface area contributed by atoms with Crippen molar-refractivity contribution in [2.75, 3.05) is 30.3 Å². The maximum atomic E-state index is 12.6. The van der Waals surface area contributed by atoms with Crippen LogP contribution in [0.2, 0.25) is 0 Å². The molecule has 4 N–H and O–H groups in total. The summed E-state index contributed by atoms with van der Waals surface area (Å²) in [6.07, 6.45) is 2.43. The molecule has 0 saturated carbocycles. The SMILES string of the molecule is CC(C)(O)CN1CC(C(=O)O)C(c2ccc(/C=C/C(=O)Nc3ccccc3NC(=O)OC(C)(C)C)cc2)C1. The Bertz CT molecular complexity index is 1180. The topological polar surface area (TPSA) is 128 Å². The predicted molar refractivity (Wildman–Crippen MR) is 147 cm³/mol. The minimum absolute atomic E-state index is 0.190. The number of aliphatic carboxylic acids is 1. The molecule has 1 heterocycles. The minimum atomic E-state index is -0.903. The molecule has 0 aliphatic carbocycles. The Hall–Kier alpha value is -3.69. The fraction of sp³-hybridized carbons (Fsp3) is 0.414. The molecule has 2 amide bonds. The number of carboxylic acid groups (broad SMARTS) is 1. The zero-order valence-corrected chi connectivity index (χ0v) is 22.5. The lowest BCUT2D eigenvalue weighted by atomic mass is 9.88. The summed E-state index contributed by atoms with van der Waals surface area (Å²) >= 11 is 0. The number of hydrogen-bond acceptors (Lipinski definition) is 6. The Morgan fingerprint density at radius 3 is 2.13 bits per heavy atom. The second-order valence-corrected chi connectivity index (χ2v) is 11.2. The second kappa shape index (κ2) is 11.8. The summed E-state index contributed by atoms with van der Waals surface area (Å²) in [4.78, 5) is 38.5. The molecule has 0 radical (unpaired) electrons. The van der Waals surface area contributed by atoms with Gasteiger partial charge >= 0.3 is 12.1 Å². The van der Waals surface area contributed by atoms with Gasteiger partial charge in [-0.2, -0.15) is 0 Å². The number of hydrogen-bond donors (Lipinski definition) is 4. The molecule has 204 valence electrons. The highest BCUT2D eigenvalue weighted by atomic mass is 16.6. The van der Waals surface area contributed by atoms with E-state index in [1.807, 2.05) is 29.2 Å². The third kappa shape index (κ3) is 8.71. The van der Waals surface area contributed by atoms with Crippen LogP contribution in [-0.4, -0.2) is 63.9 Å². The van der Waals surface area contributed by atoms with E-state index in [0.29, 0.717) is 31.0 Å². The molecule has 1 fully saturated rings. The van der Waals surface area contributed by atoms with E-state index in [-0.39, 0.29) is 11.8 Å². The second-order valence-electron chi connectivity index (χ2n) is 11.2. The van der Waals surface area contributed by atoms with Gasteiger partial charge in [-0.05, 0) is 64.0 Å². The van der Waals surface area contributed by atoms with E-state index in [2.05, 4.69) is 10.6 Å². The van der Waals surface area contributed by atoms with E-state index in [4.69, 9.17) is 4.74 Å². The number of carboxylic acids is 1. The van der Waals surface area contributed by atoms with Gasteiger partial charge in [0.2, 0.25) is 5.91 Å². The fourth-order valence-corrected chi connectivity index (χ4v) is 4.46. The predicted octanol–water partition coefficient (Wildman–Crippen LogP) is 4.56. The summed E-state index contributed by atoms with van der Waals surface area (Å²) in [5.41, 5.74) is 0.972. The van der Waals surface area contributed by atoms with Crippen LogP contribution < -0.4 is 10.6 Å². The largest absolute Gasteiger partial charge is 0.481 e. The van der Waals surface area contributed by atoms with Gasteiger partial charge in [0.05, 0.1) is 22.9 Å². The summed E-state index contributed by atoms with van der Waals surface area (Å²) in [5.74, 6) is -1.98. The molecular formula is C29H37N3O6. The number of ether oxygens (including phenoxy) is 1. The molecule has 2 unspecified atom stereocenters. The van der Waals surface area contributed by atoms with Gasteiger partial charge in [-0.25, -0.2) is 4.79 Å². The molecule has 3 rings (SSSR count). The van der Waals surface area contributed by atoms with Crippen molar-refractivity contribution in [1.82, 2.24) is 4.90 Å². The van der Waals surface area contributed by atoms with Crippen LogP contribution in [-0.2, 0) is 14.3 Å². The maximum Gasteiger partial charge on any atom is 0.412 e. The highest BCUT2D eigenvalue weighted by Crippen LogP contribution is 2.34. The molecule has 1 saturated heterocycles. The molecule has 2 aromatic carbocycles. The van der Waals surface area contributed by atoms with Gasteiger partial charge in [0.25, 0.3) is 0 Å². The molecule has 2 atom stereocenters. The van der Waals surface area contributed by atoms with Crippen molar-refractivity contribution in [1.29, 1.82) is 0 Å². The summed E-state index contributed by atoms with van der Waals surface area (Å²) in [5, 5.41) is 25.3. The number of carbonyl (C=O) groups is 3. The summed E-state index contributed by atoms with van der Waals surface area (Å²) in [7, 11) is 0. The van der Waals surface area contributed by atoms with Crippen molar-refractivity contribution >= 4 is 35.4 Å². The van der Waals surface area contributed by atoms with E-state index in [1.165, 1.54) is 6.08 Å². The van der Waals surface area contributed by atoms with Crippen LogP contribution in [0.15, 0.2) is 54.6 Å². The first-order valence-corrected chi connectivity index (χ1v) is 12.6. The summed E-state index contributed by atoms with van der Waals surface area (Å²) < 4.78 is 5.28. The van der Waals surface area contributed by atoms with Gasteiger partial charge in [0, 0.05) is 31.6 Å². The number of para-hydroxylation sites is 2. The Balaban J connectivity index is 1.64. The highest BCUT2D eigenvalue weighted by Gasteiger charge is 2.39. The number of rotatable bonds is 8. The van der Waals surface area contributed by atoms with Crippen LogP contribution in [0.4, 0.5) is 16.2 Å². The number of aliphatic hydroxyl groups is 1. The number of amides is 2. The molecule has 38 heavy (non-hydrogen) atoms. The molecule has 2 aromatic rings. The van der Waals surface area contributed by atoms with Crippen LogP contribution in [0, 0.1) is 5.92 Å². The number of benzene rings is 2. The molecular weight excluding hydrogens is 486 g/mol. The van der Waals surface area contributed by atoms with E-state index < -0.39 is 29.2 Å². The summed E-state index contributed by atoms with van der Waals surface area (Å²) in [6.45, 7) is 10.1. The van der Waals surface area contributed by atoms with Gasteiger partial charge in [-0.15, -0.1) is 0 Å². The zero-order valence-electron chi connectivity index (χ0n) is 22.5. The fourth-order valence-electron chi connectivity index (χ4n) is 4.46. The number of anilines is 2. The van der Waals surface area contributed by atoms with Crippen molar-refractivity contribution in [3.63, 3.8) is 0 Å². The van der Waals surface area contributed by atoms with Crippen LogP contribution in [0.3, 0.4) is 0 Å². The van der Waals surface area contributed by atoms with Gasteiger partial charge in [0.15, 0.2) is 0 Å². The Morgan fingerprint density at radius 1 is 0.974 bits per heavy atom. The zero-order chi connectivity index (χ0) is 28.1. The number of carbonyl (C=O) groups excluding carboxylic acids is 2. The molecule has 1 aliphatic rings. The molecule has 0 spiro atoms. The smallest absolute Gasteiger partial charge is 0.412 e. The lowest BCUT2D eigenvalue weighted by Gasteiger charge is -2.25. The molecule has 9 nitrogen and oxygen atoms in total. The highest BCUT2D eigenvalue weighted by molar-refractivity contribution is 6.05. The van der Waals surface area contributed by atoms with Crippen LogP contribution in [0.25, 0.3) is 6.08 Å². The standard InChI is InChI=1S/C29H37N3O6/c1-28(2,3)38-27(36)31-24-9-7-6-8-23(24)30-25(33)15-12-19-10-13-20(14-11-19)21-16-32(18-29(4,5)37)17-22(21)26(34)35/h6-15,21-22,37H,16-18H2,1-5H3,(H,30,33)(H,31,36)(H,34,35)/b15-12+. The Labute approximate surface area is 223 Å². The number of nitrogens with zero attached hydrogens (tertiary/aromatic N) is 1. The maximum absolute atomic E-state index is 12.6. The lowest BCUT2D eigenvalue weighted by Crippen LogP contribution is -2.37. The van der Waals surface area contributed by atoms with Crippen molar-refractivity contribution in [3.8, 4) is 0 Å². The van der Waals surface area contributed by atoms with Crippen molar-refractivity contribution in [2.45, 2.75) is 51.7 Å². The van der Waals surface area contributed by atoms with Crippen molar-refractivity contribution in [2.24, 2.45) is 5.92 Å². The third-order valence-electron chi connectivity index (χ3n) is 5.94. The first-order valence-electron chi connectivity index (χ1n) is 12.6. The van der Waals surface area contributed by atoms with Crippen molar-refractivity contribution < 1.29 is 29.3 Å². The van der Waals surface area contributed by atoms with Gasteiger partial charge < -0.3 is 20.3 Å². The number of likely N-dealkylation sites (tertiary alicyclic amines) is 1. The third-order valence-corrected chi connectivity index (χ3v) is 5.94. The van der Waals surface area contributed by atoms with Crippen LogP contribution >= 0.6 is 0 Å². The number of β-amino-alcohol motifs (C(OH)–C–C–N with tert-alkyl or cyclic N) is 1. The molecule has 9 heteroatoms. The van der Waals surface area contributed by atoms with E-state index in [9.17, 15) is 24.6 Å². The minimum Gasteiger partial charge on any atom is -0.481 e. The van der Waals surface area contributed by atoms with Gasteiger partial charge in [-0.1, -0.05) is 36.4 Å². The molecule has 1 aliphatic heterocycles.